The fourth-order valence-electron chi connectivity index (χ4n) is 2.90. The number of fused-ring (bicyclic) bond motifs is 1. The SMILES string of the molecule is CN1CCN(Cc2nc(Br)c3n2CCCC3)CC1. The van der Waals surface area contributed by atoms with Crippen molar-refractivity contribution in [2.75, 3.05) is 33.2 Å². The first-order valence-electron chi connectivity index (χ1n) is 6.89. The quantitative estimate of drug-likeness (QED) is 0.831. The molecule has 100 valence electrons. The van der Waals surface area contributed by atoms with Gasteiger partial charge in [-0.05, 0) is 42.2 Å². The molecule has 0 spiro atoms. The molecular weight excluding hydrogens is 292 g/mol. The summed E-state index contributed by atoms with van der Waals surface area (Å²) in [7, 11) is 2.20. The summed E-state index contributed by atoms with van der Waals surface area (Å²) in [5, 5.41) is 0. The molecule has 0 unspecified atom stereocenters. The van der Waals surface area contributed by atoms with Gasteiger partial charge in [-0.25, -0.2) is 4.98 Å². The van der Waals surface area contributed by atoms with Gasteiger partial charge in [-0.2, -0.15) is 0 Å². The Morgan fingerprint density at radius 2 is 1.89 bits per heavy atom. The van der Waals surface area contributed by atoms with Gasteiger partial charge in [0.15, 0.2) is 0 Å². The second kappa shape index (κ2) is 5.31. The summed E-state index contributed by atoms with van der Waals surface area (Å²) in [6.07, 6.45) is 3.78. The number of imidazole rings is 1. The van der Waals surface area contributed by atoms with Crippen molar-refractivity contribution in [3.63, 3.8) is 0 Å². The minimum Gasteiger partial charge on any atom is -0.330 e. The van der Waals surface area contributed by atoms with E-state index in [-0.39, 0.29) is 0 Å². The number of likely N-dealkylation sites (N-methyl/N-ethyl adjacent to an activating group) is 1. The zero-order valence-corrected chi connectivity index (χ0v) is 12.6. The van der Waals surface area contributed by atoms with Crippen LogP contribution in [-0.2, 0) is 19.5 Å². The van der Waals surface area contributed by atoms with E-state index in [1.54, 1.807) is 0 Å². The molecular formula is C13H21BrN4. The number of halogens is 1. The van der Waals surface area contributed by atoms with Crippen LogP contribution in [0.1, 0.15) is 24.4 Å². The molecule has 2 aliphatic heterocycles. The van der Waals surface area contributed by atoms with Gasteiger partial charge in [0.2, 0.25) is 0 Å². The Morgan fingerprint density at radius 1 is 1.11 bits per heavy atom. The Balaban J connectivity index is 1.73. The molecule has 0 aliphatic carbocycles. The van der Waals surface area contributed by atoms with Crippen molar-refractivity contribution in [3.8, 4) is 0 Å². The molecule has 1 aromatic rings. The maximum Gasteiger partial charge on any atom is 0.127 e. The number of hydrogen-bond donors (Lipinski definition) is 0. The summed E-state index contributed by atoms with van der Waals surface area (Å²) in [4.78, 5) is 9.65. The van der Waals surface area contributed by atoms with E-state index in [0.29, 0.717) is 0 Å². The van der Waals surface area contributed by atoms with Crippen molar-refractivity contribution in [2.24, 2.45) is 0 Å². The predicted molar refractivity (Wildman–Crippen MR) is 75.6 cm³/mol. The predicted octanol–water partition coefficient (Wildman–Crippen LogP) is 1.73. The summed E-state index contributed by atoms with van der Waals surface area (Å²) in [6, 6.07) is 0. The summed E-state index contributed by atoms with van der Waals surface area (Å²) >= 11 is 3.62. The number of hydrogen-bond acceptors (Lipinski definition) is 3. The molecule has 0 N–H and O–H groups in total. The van der Waals surface area contributed by atoms with Crippen LogP contribution in [0.15, 0.2) is 4.60 Å². The van der Waals surface area contributed by atoms with E-state index in [9.17, 15) is 0 Å². The van der Waals surface area contributed by atoms with Crippen LogP contribution in [0.4, 0.5) is 0 Å². The fraction of sp³-hybridized carbons (Fsp3) is 0.769. The molecule has 1 aromatic heterocycles. The van der Waals surface area contributed by atoms with Gasteiger partial charge < -0.3 is 9.47 Å². The Labute approximate surface area is 117 Å². The summed E-state index contributed by atoms with van der Waals surface area (Å²) in [6.45, 7) is 6.83. The lowest BCUT2D eigenvalue weighted by molar-refractivity contribution is 0.143. The Hall–Kier alpha value is -0.390. The highest BCUT2D eigenvalue weighted by atomic mass is 79.9. The molecule has 0 aromatic carbocycles. The maximum atomic E-state index is 4.73. The van der Waals surface area contributed by atoms with Crippen molar-refractivity contribution in [1.29, 1.82) is 0 Å². The van der Waals surface area contributed by atoms with E-state index in [1.807, 2.05) is 0 Å². The third kappa shape index (κ3) is 2.49. The molecule has 0 amide bonds. The molecule has 18 heavy (non-hydrogen) atoms. The largest absolute Gasteiger partial charge is 0.330 e. The van der Waals surface area contributed by atoms with Crippen LogP contribution >= 0.6 is 15.9 Å². The van der Waals surface area contributed by atoms with E-state index < -0.39 is 0 Å². The highest BCUT2D eigenvalue weighted by Crippen LogP contribution is 2.25. The number of nitrogens with zero attached hydrogens (tertiary/aromatic N) is 4. The molecule has 0 radical (unpaired) electrons. The minimum atomic E-state index is 1.01. The van der Waals surface area contributed by atoms with Gasteiger partial charge in [-0.1, -0.05) is 0 Å². The Kier molecular flexibility index (Phi) is 3.73. The number of rotatable bonds is 2. The normalized spacial score (nSPS) is 22.1. The van der Waals surface area contributed by atoms with Crippen molar-refractivity contribution in [2.45, 2.75) is 32.4 Å². The molecule has 0 saturated carbocycles. The third-order valence-electron chi connectivity index (χ3n) is 4.11. The van der Waals surface area contributed by atoms with Gasteiger partial charge in [0, 0.05) is 32.7 Å². The second-order valence-corrected chi connectivity index (χ2v) is 6.20. The van der Waals surface area contributed by atoms with Crippen LogP contribution in [0, 0.1) is 0 Å². The first-order valence-corrected chi connectivity index (χ1v) is 7.68. The fourth-order valence-corrected chi connectivity index (χ4v) is 3.51. The van der Waals surface area contributed by atoms with Crippen LogP contribution in [0.25, 0.3) is 0 Å². The van der Waals surface area contributed by atoms with E-state index in [2.05, 4.69) is 37.3 Å². The average Bonchev–Trinajstić information content (AvgIpc) is 2.70. The van der Waals surface area contributed by atoms with Crippen molar-refractivity contribution in [1.82, 2.24) is 19.4 Å². The second-order valence-electron chi connectivity index (χ2n) is 5.45. The van der Waals surface area contributed by atoms with E-state index >= 15 is 0 Å². The van der Waals surface area contributed by atoms with E-state index in [1.165, 1.54) is 43.9 Å². The number of piperazine rings is 1. The lowest BCUT2D eigenvalue weighted by Crippen LogP contribution is -2.44. The standard InChI is InChI=1S/C13H21BrN4/c1-16-6-8-17(9-7-16)10-12-15-13(14)11-4-2-3-5-18(11)12/h2-10H2,1H3. The van der Waals surface area contributed by atoms with Gasteiger partial charge in [-0.15, -0.1) is 0 Å². The van der Waals surface area contributed by atoms with Crippen LogP contribution in [0.3, 0.4) is 0 Å². The van der Waals surface area contributed by atoms with Crippen LogP contribution in [0.2, 0.25) is 0 Å². The first-order chi connectivity index (χ1) is 8.74. The molecule has 3 heterocycles. The first kappa shape index (κ1) is 12.6. The highest BCUT2D eigenvalue weighted by Gasteiger charge is 2.21. The molecule has 0 atom stereocenters. The van der Waals surface area contributed by atoms with E-state index in [4.69, 9.17) is 4.98 Å². The lowest BCUT2D eigenvalue weighted by Gasteiger charge is -2.32. The van der Waals surface area contributed by atoms with Crippen LogP contribution in [0.5, 0.6) is 0 Å². The smallest absolute Gasteiger partial charge is 0.127 e. The topological polar surface area (TPSA) is 24.3 Å². The Morgan fingerprint density at radius 3 is 2.67 bits per heavy atom. The van der Waals surface area contributed by atoms with Crippen molar-refractivity contribution < 1.29 is 0 Å². The summed E-state index contributed by atoms with van der Waals surface area (Å²) in [5.41, 5.74) is 1.41. The van der Waals surface area contributed by atoms with Crippen molar-refractivity contribution in [3.05, 3.63) is 16.1 Å². The van der Waals surface area contributed by atoms with Gasteiger partial charge >= 0.3 is 0 Å². The van der Waals surface area contributed by atoms with Crippen LogP contribution in [-0.4, -0.2) is 52.6 Å². The van der Waals surface area contributed by atoms with Gasteiger partial charge in [0.05, 0.1) is 12.2 Å². The molecule has 2 aliphatic rings. The highest BCUT2D eigenvalue weighted by molar-refractivity contribution is 9.10. The zero-order valence-electron chi connectivity index (χ0n) is 11.0. The van der Waals surface area contributed by atoms with E-state index in [0.717, 1.165) is 30.8 Å². The third-order valence-corrected chi connectivity index (χ3v) is 4.74. The zero-order chi connectivity index (χ0) is 12.5. The molecule has 1 saturated heterocycles. The monoisotopic (exact) mass is 312 g/mol. The molecule has 1 fully saturated rings. The lowest BCUT2D eigenvalue weighted by atomic mass is 10.1. The number of aromatic nitrogens is 2. The van der Waals surface area contributed by atoms with Gasteiger partial charge in [0.25, 0.3) is 0 Å². The molecule has 3 rings (SSSR count). The molecule has 4 nitrogen and oxygen atoms in total. The van der Waals surface area contributed by atoms with Gasteiger partial charge in [0.1, 0.15) is 10.4 Å². The molecule has 5 heteroatoms. The maximum absolute atomic E-state index is 4.73. The summed E-state index contributed by atoms with van der Waals surface area (Å²) < 4.78 is 3.51. The van der Waals surface area contributed by atoms with Crippen molar-refractivity contribution >= 4 is 15.9 Å². The minimum absolute atomic E-state index is 1.01. The summed E-state index contributed by atoms with van der Waals surface area (Å²) in [5.74, 6) is 1.25. The van der Waals surface area contributed by atoms with Gasteiger partial charge in [-0.3, -0.25) is 4.90 Å². The Bertz CT molecular complexity index is 421. The average molecular weight is 313 g/mol. The van der Waals surface area contributed by atoms with Crippen LogP contribution < -0.4 is 0 Å². The molecule has 0 bridgehead atoms.